The van der Waals surface area contributed by atoms with Gasteiger partial charge in [0.2, 0.25) is 0 Å². The Morgan fingerprint density at radius 3 is 3.14 bits per heavy atom. The molecule has 7 heteroatoms. The molecule has 1 aliphatic rings. The second-order valence-electron chi connectivity index (χ2n) is 4.90. The first-order chi connectivity index (χ1) is 10.3. The minimum atomic E-state index is -0.407. The van der Waals surface area contributed by atoms with Gasteiger partial charge in [-0.05, 0) is 6.07 Å². The van der Waals surface area contributed by atoms with Gasteiger partial charge >= 0.3 is 0 Å². The SMILES string of the molecule is O=[N+]([O-])c1cccc2c(NCC3COCCN3)ccnc12. The minimum absolute atomic E-state index is 0.0234. The molecule has 1 aromatic carbocycles. The molecule has 2 heterocycles. The quantitative estimate of drug-likeness (QED) is 0.655. The zero-order valence-corrected chi connectivity index (χ0v) is 11.4. The number of rotatable bonds is 4. The Hall–Kier alpha value is -2.25. The van der Waals surface area contributed by atoms with E-state index < -0.39 is 4.92 Å². The highest BCUT2D eigenvalue weighted by molar-refractivity contribution is 5.96. The lowest BCUT2D eigenvalue weighted by atomic mass is 10.1. The van der Waals surface area contributed by atoms with E-state index in [1.165, 1.54) is 6.07 Å². The third-order valence-electron chi connectivity index (χ3n) is 3.48. The maximum Gasteiger partial charge on any atom is 0.295 e. The zero-order chi connectivity index (χ0) is 14.7. The van der Waals surface area contributed by atoms with Crippen LogP contribution in [-0.2, 0) is 4.74 Å². The van der Waals surface area contributed by atoms with Crippen molar-refractivity contribution < 1.29 is 9.66 Å². The van der Waals surface area contributed by atoms with Gasteiger partial charge in [-0.3, -0.25) is 10.1 Å². The maximum absolute atomic E-state index is 11.1. The van der Waals surface area contributed by atoms with E-state index in [2.05, 4.69) is 15.6 Å². The van der Waals surface area contributed by atoms with E-state index >= 15 is 0 Å². The van der Waals surface area contributed by atoms with Crippen molar-refractivity contribution in [3.63, 3.8) is 0 Å². The minimum Gasteiger partial charge on any atom is -0.383 e. The number of para-hydroxylation sites is 1. The smallest absolute Gasteiger partial charge is 0.295 e. The summed E-state index contributed by atoms with van der Waals surface area (Å²) in [5, 5.41) is 18.5. The van der Waals surface area contributed by atoms with E-state index in [-0.39, 0.29) is 11.7 Å². The van der Waals surface area contributed by atoms with Crippen LogP contribution in [0.5, 0.6) is 0 Å². The second kappa shape index (κ2) is 6.02. The first-order valence-corrected chi connectivity index (χ1v) is 6.83. The molecule has 0 spiro atoms. The Balaban J connectivity index is 1.85. The van der Waals surface area contributed by atoms with Crippen molar-refractivity contribution >= 4 is 22.3 Å². The fourth-order valence-electron chi connectivity index (χ4n) is 2.45. The molecule has 2 N–H and O–H groups in total. The molecule has 21 heavy (non-hydrogen) atoms. The van der Waals surface area contributed by atoms with Crippen LogP contribution in [0.25, 0.3) is 10.9 Å². The van der Waals surface area contributed by atoms with Crippen LogP contribution in [0, 0.1) is 10.1 Å². The van der Waals surface area contributed by atoms with Gasteiger partial charge in [-0.15, -0.1) is 0 Å². The molecule has 110 valence electrons. The van der Waals surface area contributed by atoms with Crippen molar-refractivity contribution in [2.24, 2.45) is 0 Å². The van der Waals surface area contributed by atoms with Gasteiger partial charge in [0.15, 0.2) is 0 Å². The van der Waals surface area contributed by atoms with Crippen LogP contribution in [0.1, 0.15) is 0 Å². The van der Waals surface area contributed by atoms with Crippen LogP contribution in [0.4, 0.5) is 11.4 Å². The van der Waals surface area contributed by atoms with E-state index in [0.717, 1.165) is 24.2 Å². The molecule has 1 fully saturated rings. The number of non-ortho nitro benzene ring substituents is 1. The molecule has 2 aromatic rings. The van der Waals surface area contributed by atoms with Gasteiger partial charge < -0.3 is 15.4 Å². The van der Waals surface area contributed by atoms with Crippen molar-refractivity contribution in [3.05, 3.63) is 40.6 Å². The Morgan fingerprint density at radius 2 is 2.38 bits per heavy atom. The number of benzene rings is 1. The largest absolute Gasteiger partial charge is 0.383 e. The molecule has 1 aromatic heterocycles. The van der Waals surface area contributed by atoms with Crippen LogP contribution >= 0.6 is 0 Å². The molecule has 1 unspecified atom stereocenters. The third kappa shape index (κ3) is 2.93. The summed E-state index contributed by atoms with van der Waals surface area (Å²) in [4.78, 5) is 14.8. The molecule has 0 saturated carbocycles. The van der Waals surface area contributed by atoms with Crippen LogP contribution in [0.15, 0.2) is 30.5 Å². The fraction of sp³-hybridized carbons (Fsp3) is 0.357. The van der Waals surface area contributed by atoms with Crippen molar-refractivity contribution in [2.45, 2.75) is 6.04 Å². The first-order valence-electron chi connectivity index (χ1n) is 6.83. The van der Waals surface area contributed by atoms with Gasteiger partial charge in [-0.25, -0.2) is 4.98 Å². The molecule has 1 saturated heterocycles. The zero-order valence-electron chi connectivity index (χ0n) is 11.4. The number of hydrogen-bond acceptors (Lipinski definition) is 6. The molecule has 1 aliphatic heterocycles. The summed E-state index contributed by atoms with van der Waals surface area (Å²) < 4.78 is 5.40. The first kappa shape index (κ1) is 13.7. The Morgan fingerprint density at radius 1 is 1.48 bits per heavy atom. The van der Waals surface area contributed by atoms with Crippen LogP contribution in [-0.4, -0.2) is 42.3 Å². The molecule has 0 aliphatic carbocycles. The van der Waals surface area contributed by atoms with Gasteiger partial charge in [0, 0.05) is 42.5 Å². The lowest BCUT2D eigenvalue weighted by Crippen LogP contribution is -2.45. The van der Waals surface area contributed by atoms with Gasteiger partial charge in [-0.1, -0.05) is 12.1 Å². The van der Waals surface area contributed by atoms with Gasteiger partial charge in [0.1, 0.15) is 5.52 Å². The molecule has 0 amide bonds. The predicted molar refractivity (Wildman–Crippen MR) is 79.5 cm³/mol. The molecular weight excluding hydrogens is 272 g/mol. The monoisotopic (exact) mass is 288 g/mol. The van der Waals surface area contributed by atoms with E-state index in [4.69, 9.17) is 4.74 Å². The summed E-state index contributed by atoms with van der Waals surface area (Å²) in [7, 11) is 0. The summed E-state index contributed by atoms with van der Waals surface area (Å²) in [5.41, 5.74) is 1.27. The standard InChI is InChI=1S/C14H16N4O3/c19-18(20)13-3-1-2-11-12(4-5-16-14(11)13)17-8-10-9-21-7-6-15-10/h1-5,10,15H,6-9H2,(H,16,17). The molecule has 0 bridgehead atoms. The number of nitrogens with zero attached hydrogens (tertiary/aromatic N) is 2. The molecule has 3 rings (SSSR count). The van der Waals surface area contributed by atoms with Gasteiger partial charge in [0.05, 0.1) is 18.1 Å². The Bertz CT molecular complexity index is 656. The van der Waals surface area contributed by atoms with Crippen LogP contribution in [0.3, 0.4) is 0 Å². The van der Waals surface area contributed by atoms with Crippen molar-refractivity contribution in [2.75, 3.05) is 31.6 Å². The van der Waals surface area contributed by atoms with Crippen molar-refractivity contribution in [1.82, 2.24) is 10.3 Å². The number of nitro benzene ring substituents is 1. The molecule has 1 atom stereocenters. The Labute approximate surface area is 121 Å². The summed E-state index contributed by atoms with van der Waals surface area (Å²) in [6.07, 6.45) is 1.59. The van der Waals surface area contributed by atoms with Crippen LogP contribution in [0.2, 0.25) is 0 Å². The average Bonchev–Trinajstić information content (AvgIpc) is 2.53. The highest BCUT2D eigenvalue weighted by Gasteiger charge is 2.16. The van der Waals surface area contributed by atoms with E-state index in [0.29, 0.717) is 18.7 Å². The number of morpholine rings is 1. The molecule has 7 nitrogen and oxygen atoms in total. The van der Waals surface area contributed by atoms with Crippen molar-refractivity contribution in [3.8, 4) is 0 Å². The van der Waals surface area contributed by atoms with Gasteiger partial charge in [0.25, 0.3) is 5.69 Å². The molecular formula is C14H16N4O3. The summed E-state index contributed by atoms with van der Waals surface area (Å²) in [5.74, 6) is 0. The fourth-order valence-corrected chi connectivity index (χ4v) is 2.45. The van der Waals surface area contributed by atoms with E-state index in [1.807, 2.05) is 12.1 Å². The van der Waals surface area contributed by atoms with E-state index in [1.54, 1.807) is 12.3 Å². The lowest BCUT2D eigenvalue weighted by Gasteiger charge is -2.24. The number of hydrogen-bond donors (Lipinski definition) is 2. The highest BCUT2D eigenvalue weighted by atomic mass is 16.6. The summed E-state index contributed by atoms with van der Waals surface area (Å²) >= 11 is 0. The normalized spacial score (nSPS) is 18.6. The highest BCUT2D eigenvalue weighted by Crippen LogP contribution is 2.28. The number of pyridine rings is 1. The van der Waals surface area contributed by atoms with E-state index in [9.17, 15) is 10.1 Å². The van der Waals surface area contributed by atoms with Gasteiger partial charge in [-0.2, -0.15) is 0 Å². The lowest BCUT2D eigenvalue weighted by molar-refractivity contribution is -0.383. The number of aromatic nitrogens is 1. The number of nitrogens with one attached hydrogen (secondary N) is 2. The second-order valence-corrected chi connectivity index (χ2v) is 4.90. The summed E-state index contributed by atoms with van der Waals surface area (Å²) in [6.45, 7) is 2.94. The predicted octanol–water partition coefficient (Wildman–Crippen LogP) is 1.54. The number of fused-ring (bicyclic) bond motifs is 1. The Kier molecular flexibility index (Phi) is 3.94. The number of nitro groups is 1. The van der Waals surface area contributed by atoms with Crippen LogP contribution < -0.4 is 10.6 Å². The molecule has 0 radical (unpaired) electrons. The number of ether oxygens (including phenoxy) is 1. The average molecular weight is 288 g/mol. The topological polar surface area (TPSA) is 89.3 Å². The summed E-state index contributed by atoms with van der Waals surface area (Å²) in [6, 6.07) is 7.05. The third-order valence-corrected chi connectivity index (χ3v) is 3.48. The number of anilines is 1. The van der Waals surface area contributed by atoms with Crippen molar-refractivity contribution in [1.29, 1.82) is 0 Å². The maximum atomic E-state index is 11.1.